The highest BCUT2D eigenvalue weighted by atomic mass is 32.1. The van der Waals surface area contributed by atoms with E-state index in [1.807, 2.05) is 79.7 Å². The maximum Gasteiger partial charge on any atom is 0.271 e. The number of carbonyl (C=O) groups is 1. The zero-order valence-corrected chi connectivity index (χ0v) is 21.7. The minimum Gasteiger partial charge on any atom is -0.494 e. The van der Waals surface area contributed by atoms with E-state index in [9.17, 15) is 14.9 Å². The fourth-order valence-electron chi connectivity index (χ4n) is 4.70. The normalized spacial score (nSPS) is 16.6. The van der Waals surface area contributed by atoms with Crippen molar-refractivity contribution < 1.29 is 19.2 Å². The van der Waals surface area contributed by atoms with E-state index in [2.05, 4.69) is 0 Å². The van der Waals surface area contributed by atoms with Crippen molar-refractivity contribution in [2.24, 2.45) is 0 Å². The molecule has 1 fully saturated rings. The van der Waals surface area contributed by atoms with Crippen molar-refractivity contribution in [3.05, 3.63) is 113 Å². The Hall–Kier alpha value is -4.76. The van der Waals surface area contributed by atoms with Gasteiger partial charge in [-0.15, -0.1) is 11.3 Å². The van der Waals surface area contributed by atoms with Crippen molar-refractivity contribution in [3.8, 4) is 22.1 Å². The van der Waals surface area contributed by atoms with Gasteiger partial charge >= 0.3 is 0 Å². The Morgan fingerprint density at radius 2 is 1.72 bits per heavy atom. The van der Waals surface area contributed by atoms with Gasteiger partial charge in [0.05, 0.1) is 21.7 Å². The smallest absolute Gasteiger partial charge is 0.271 e. The molecule has 2 atom stereocenters. The van der Waals surface area contributed by atoms with E-state index >= 15 is 0 Å². The van der Waals surface area contributed by atoms with Gasteiger partial charge in [0.1, 0.15) is 22.5 Å². The zero-order valence-electron chi connectivity index (χ0n) is 20.9. The molecule has 194 valence electrons. The molecule has 0 unspecified atom stereocenters. The molecular formula is C30H23N3O5S. The summed E-state index contributed by atoms with van der Waals surface area (Å²) in [4.78, 5) is 30.6. The van der Waals surface area contributed by atoms with Crippen LogP contribution in [0.5, 0.6) is 11.5 Å². The van der Waals surface area contributed by atoms with E-state index in [0.29, 0.717) is 23.8 Å². The number of rotatable bonds is 8. The number of carbonyl (C=O) groups excluding carboxylic acids is 1. The van der Waals surface area contributed by atoms with Gasteiger partial charge in [-0.25, -0.2) is 4.98 Å². The minimum absolute atomic E-state index is 0.0157. The fraction of sp³-hybridized carbons (Fsp3) is 0.133. The Bertz CT molecular complexity index is 1630. The van der Waals surface area contributed by atoms with Gasteiger partial charge in [0, 0.05) is 23.4 Å². The van der Waals surface area contributed by atoms with Crippen LogP contribution < -0.4 is 14.4 Å². The number of para-hydroxylation sites is 1. The summed E-state index contributed by atoms with van der Waals surface area (Å²) in [7, 11) is 0. The molecule has 39 heavy (non-hydrogen) atoms. The molecule has 1 aliphatic heterocycles. The number of benzene rings is 4. The number of nitrogens with zero attached hydrogens (tertiary/aromatic N) is 3. The summed E-state index contributed by atoms with van der Waals surface area (Å²) in [6, 6.07) is 28.5. The maximum absolute atomic E-state index is 13.5. The Labute approximate surface area is 228 Å². The number of ether oxygens (including phenoxy) is 2. The van der Waals surface area contributed by atoms with E-state index in [1.165, 1.54) is 12.1 Å². The number of thiazole rings is 1. The molecule has 0 bridgehead atoms. The summed E-state index contributed by atoms with van der Waals surface area (Å²) in [6.45, 7) is 2.45. The average molecular weight is 538 g/mol. The summed E-state index contributed by atoms with van der Waals surface area (Å²) in [6.07, 6.45) is -0.802. The number of anilines is 1. The molecule has 5 aromatic rings. The number of fused-ring (bicyclic) bond motifs is 1. The second-order valence-corrected chi connectivity index (χ2v) is 10.0. The van der Waals surface area contributed by atoms with Crippen LogP contribution in [0.4, 0.5) is 11.4 Å². The zero-order chi connectivity index (χ0) is 26.9. The van der Waals surface area contributed by atoms with Gasteiger partial charge in [-0.1, -0.05) is 24.3 Å². The molecule has 9 heteroatoms. The summed E-state index contributed by atoms with van der Waals surface area (Å²) < 4.78 is 12.9. The lowest BCUT2D eigenvalue weighted by atomic mass is 9.89. The molecule has 1 aromatic heterocycles. The Balaban J connectivity index is 1.31. The van der Waals surface area contributed by atoms with Gasteiger partial charge in [-0.05, 0) is 73.2 Å². The number of nitro groups is 1. The molecule has 0 spiro atoms. The van der Waals surface area contributed by atoms with Crippen molar-refractivity contribution >= 4 is 38.8 Å². The van der Waals surface area contributed by atoms with Crippen LogP contribution in [-0.2, 0) is 4.79 Å². The molecule has 0 N–H and O–H groups in total. The second-order valence-electron chi connectivity index (χ2n) is 8.98. The van der Waals surface area contributed by atoms with Crippen LogP contribution in [0.15, 0.2) is 97.1 Å². The molecule has 1 saturated heterocycles. The molecule has 1 aliphatic rings. The first-order valence-corrected chi connectivity index (χ1v) is 13.3. The van der Waals surface area contributed by atoms with Crippen LogP contribution in [0.2, 0.25) is 0 Å². The molecule has 0 saturated carbocycles. The van der Waals surface area contributed by atoms with Gasteiger partial charge in [0.25, 0.3) is 11.6 Å². The van der Waals surface area contributed by atoms with Crippen LogP contribution in [0.1, 0.15) is 18.5 Å². The van der Waals surface area contributed by atoms with E-state index in [0.717, 1.165) is 26.4 Å². The van der Waals surface area contributed by atoms with Crippen LogP contribution in [-0.4, -0.2) is 28.5 Å². The number of amides is 1. The monoisotopic (exact) mass is 537 g/mol. The van der Waals surface area contributed by atoms with Gasteiger partial charge in [0.2, 0.25) is 6.10 Å². The molecule has 0 aliphatic carbocycles. The van der Waals surface area contributed by atoms with Gasteiger partial charge in [-0.2, -0.15) is 0 Å². The predicted molar refractivity (Wildman–Crippen MR) is 150 cm³/mol. The van der Waals surface area contributed by atoms with Crippen molar-refractivity contribution in [1.82, 2.24) is 4.98 Å². The number of non-ortho nitro benzene ring substituents is 1. The number of hydrogen-bond donors (Lipinski definition) is 0. The highest BCUT2D eigenvalue weighted by Gasteiger charge is 2.51. The molecule has 1 amide bonds. The second kappa shape index (κ2) is 10.2. The third kappa shape index (κ3) is 4.68. The van der Waals surface area contributed by atoms with Gasteiger partial charge in [-0.3, -0.25) is 19.8 Å². The minimum atomic E-state index is -0.802. The van der Waals surface area contributed by atoms with Crippen molar-refractivity contribution in [2.75, 3.05) is 11.5 Å². The van der Waals surface area contributed by atoms with Gasteiger partial charge in [0.15, 0.2) is 0 Å². The number of nitro benzene ring substituents is 1. The lowest BCUT2D eigenvalue weighted by Gasteiger charge is -2.46. The fourth-order valence-corrected chi connectivity index (χ4v) is 5.66. The van der Waals surface area contributed by atoms with Crippen molar-refractivity contribution in [3.63, 3.8) is 0 Å². The van der Waals surface area contributed by atoms with Crippen molar-refractivity contribution in [1.29, 1.82) is 0 Å². The first-order chi connectivity index (χ1) is 19.0. The third-order valence-corrected chi connectivity index (χ3v) is 7.64. The van der Waals surface area contributed by atoms with Crippen LogP contribution in [0.25, 0.3) is 20.8 Å². The summed E-state index contributed by atoms with van der Waals surface area (Å²) in [5, 5.41) is 12.1. The van der Waals surface area contributed by atoms with Crippen LogP contribution in [0.3, 0.4) is 0 Å². The molecule has 0 radical (unpaired) electrons. The number of hydrogen-bond acceptors (Lipinski definition) is 7. The van der Waals surface area contributed by atoms with E-state index in [1.54, 1.807) is 28.4 Å². The topological polar surface area (TPSA) is 94.8 Å². The SMILES string of the molecule is CCOc1ccc(N2C(=O)[C@H](Oc3cccc(-c4nc5ccccc5s4)c3)[C@@H]2c2ccc([N+](=O)[O-])cc2)cc1. The average Bonchev–Trinajstić information content (AvgIpc) is 3.40. The highest BCUT2D eigenvalue weighted by Crippen LogP contribution is 2.42. The number of aromatic nitrogens is 1. The molecule has 4 aromatic carbocycles. The molecule has 2 heterocycles. The lowest BCUT2D eigenvalue weighted by molar-refractivity contribution is -0.384. The highest BCUT2D eigenvalue weighted by molar-refractivity contribution is 7.21. The molecular weight excluding hydrogens is 514 g/mol. The first-order valence-electron chi connectivity index (χ1n) is 12.4. The Morgan fingerprint density at radius 3 is 2.44 bits per heavy atom. The Kier molecular flexibility index (Phi) is 6.42. The molecule has 8 nitrogen and oxygen atoms in total. The quantitative estimate of drug-likeness (QED) is 0.123. The third-order valence-electron chi connectivity index (χ3n) is 6.56. The van der Waals surface area contributed by atoms with E-state index in [4.69, 9.17) is 14.5 Å². The summed E-state index contributed by atoms with van der Waals surface area (Å²) in [5.41, 5.74) is 3.24. The first kappa shape index (κ1) is 24.6. The summed E-state index contributed by atoms with van der Waals surface area (Å²) in [5.74, 6) is 1.05. The predicted octanol–water partition coefficient (Wildman–Crippen LogP) is 6.81. The van der Waals surface area contributed by atoms with E-state index in [-0.39, 0.29) is 11.6 Å². The van der Waals surface area contributed by atoms with Crippen LogP contribution in [0, 0.1) is 10.1 Å². The lowest BCUT2D eigenvalue weighted by Crippen LogP contribution is -2.61. The Morgan fingerprint density at radius 1 is 0.949 bits per heavy atom. The van der Waals surface area contributed by atoms with Gasteiger partial charge < -0.3 is 9.47 Å². The van der Waals surface area contributed by atoms with E-state index < -0.39 is 17.1 Å². The standard InChI is InChI=1S/C30H23N3O5S/c1-2-37-23-16-14-21(15-17-23)32-27(19-10-12-22(13-11-19)33(35)36)28(30(32)34)38-24-7-5-6-20(18-24)29-31-25-8-3-4-9-26(25)39-29/h3-18,27-28H,2H2,1H3/t27-,28+/m0/s1. The van der Waals surface area contributed by atoms with Crippen molar-refractivity contribution in [2.45, 2.75) is 19.1 Å². The number of β-lactam (4-membered cyclic amide) rings is 1. The largest absolute Gasteiger partial charge is 0.494 e. The van der Waals surface area contributed by atoms with Crippen LogP contribution >= 0.6 is 11.3 Å². The summed E-state index contributed by atoms with van der Waals surface area (Å²) >= 11 is 1.59. The maximum atomic E-state index is 13.5. The molecule has 6 rings (SSSR count).